The highest BCUT2D eigenvalue weighted by molar-refractivity contribution is 7.15. The Hall–Kier alpha value is -2.73. The number of H-pyrrole nitrogens is 1. The van der Waals surface area contributed by atoms with Gasteiger partial charge in [-0.15, -0.1) is 0 Å². The van der Waals surface area contributed by atoms with Crippen LogP contribution in [0.2, 0.25) is 0 Å². The lowest BCUT2D eigenvalue weighted by molar-refractivity contribution is 0.974. The minimum atomic E-state index is -0.304. The molecular weight excluding hydrogens is 334 g/mol. The van der Waals surface area contributed by atoms with Gasteiger partial charge in [0.05, 0.1) is 4.53 Å². The quantitative estimate of drug-likeness (QED) is 0.572. The predicted octanol–water partition coefficient (Wildman–Crippen LogP) is 2.38. The Bertz CT molecular complexity index is 1330. The van der Waals surface area contributed by atoms with Crippen molar-refractivity contribution >= 4 is 33.3 Å². The Kier molecular flexibility index (Phi) is 3.40. The molecule has 4 aromatic rings. The van der Waals surface area contributed by atoms with E-state index < -0.39 is 0 Å². The van der Waals surface area contributed by atoms with E-state index in [-0.39, 0.29) is 11.1 Å². The van der Waals surface area contributed by atoms with Crippen LogP contribution in [0.3, 0.4) is 0 Å². The zero-order chi connectivity index (χ0) is 17.9. The zero-order valence-electron chi connectivity index (χ0n) is 14.4. The molecule has 0 bridgehead atoms. The van der Waals surface area contributed by atoms with Crippen molar-refractivity contribution in [3.8, 4) is 0 Å². The summed E-state index contributed by atoms with van der Waals surface area (Å²) in [5.41, 5.74) is 4.74. The second kappa shape index (κ2) is 5.39. The molecule has 0 saturated carbocycles. The van der Waals surface area contributed by atoms with Gasteiger partial charge < -0.3 is 4.98 Å². The molecule has 126 valence electrons. The molecule has 25 heavy (non-hydrogen) atoms. The molecule has 1 N–H and O–H groups in total. The van der Waals surface area contributed by atoms with Gasteiger partial charge in [0.2, 0.25) is 4.96 Å². The number of hydrogen-bond acceptors (Lipinski definition) is 4. The van der Waals surface area contributed by atoms with Crippen LogP contribution in [0.5, 0.6) is 0 Å². The van der Waals surface area contributed by atoms with E-state index in [1.54, 1.807) is 13.8 Å². The third kappa shape index (κ3) is 2.33. The molecule has 0 fully saturated rings. The standard InChI is InChI=1S/C19H17N3O2S/c1-9-5-6-15-14(7-9)13(12(4)20-15)8-16-18(24)22-17(23)10(2)11(3)21-19(22)25-16/h5-8,20H,1-4H3/b16-8-. The fourth-order valence-electron chi connectivity index (χ4n) is 3.06. The van der Waals surface area contributed by atoms with Gasteiger partial charge in [0, 0.05) is 33.4 Å². The van der Waals surface area contributed by atoms with E-state index in [9.17, 15) is 9.59 Å². The second-order valence-corrected chi connectivity index (χ2v) is 7.38. The first-order valence-corrected chi connectivity index (χ1v) is 8.82. The Balaban J connectivity index is 2.09. The van der Waals surface area contributed by atoms with Gasteiger partial charge in [0.25, 0.3) is 11.1 Å². The van der Waals surface area contributed by atoms with Gasteiger partial charge in [0.1, 0.15) is 0 Å². The summed E-state index contributed by atoms with van der Waals surface area (Å²) < 4.78 is 1.69. The first kappa shape index (κ1) is 15.8. The lowest BCUT2D eigenvalue weighted by Gasteiger charge is -1.97. The summed E-state index contributed by atoms with van der Waals surface area (Å²) in [4.78, 5) is 33.4. The molecule has 0 radical (unpaired) electrons. The van der Waals surface area contributed by atoms with E-state index >= 15 is 0 Å². The highest BCUT2D eigenvalue weighted by Gasteiger charge is 2.13. The largest absolute Gasteiger partial charge is 0.358 e. The lowest BCUT2D eigenvalue weighted by Crippen LogP contribution is -2.32. The maximum absolute atomic E-state index is 12.7. The average Bonchev–Trinajstić information content (AvgIpc) is 3.03. The fraction of sp³-hybridized carbons (Fsp3) is 0.211. The Morgan fingerprint density at radius 3 is 2.64 bits per heavy atom. The van der Waals surface area contributed by atoms with Crippen molar-refractivity contribution in [3.05, 3.63) is 71.5 Å². The third-order valence-corrected chi connectivity index (χ3v) is 5.57. The number of rotatable bonds is 1. The van der Waals surface area contributed by atoms with E-state index in [1.165, 1.54) is 15.7 Å². The van der Waals surface area contributed by atoms with Crippen molar-refractivity contribution in [2.24, 2.45) is 0 Å². The molecule has 4 rings (SSSR count). The molecule has 3 heterocycles. The van der Waals surface area contributed by atoms with E-state index in [0.717, 1.165) is 27.7 Å². The van der Waals surface area contributed by atoms with Gasteiger partial charge >= 0.3 is 0 Å². The summed E-state index contributed by atoms with van der Waals surface area (Å²) in [7, 11) is 0. The summed E-state index contributed by atoms with van der Waals surface area (Å²) in [6.07, 6.45) is 1.86. The number of benzene rings is 1. The van der Waals surface area contributed by atoms with Gasteiger partial charge in [-0.05, 0) is 45.9 Å². The van der Waals surface area contributed by atoms with Crippen molar-refractivity contribution in [2.45, 2.75) is 27.7 Å². The molecule has 5 nitrogen and oxygen atoms in total. The van der Waals surface area contributed by atoms with Gasteiger partial charge in [-0.2, -0.15) is 0 Å². The van der Waals surface area contributed by atoms with Gasteiger partial charge in [-0.1, -0.05) is 23.0 Å². The number of aromatic nitrogens is 3. The number of nitrogens with zero attached hydrogens (tertiary/aromatic N) is 2. The monoisotopic (exact) mass is 351 g/mol. The van der Waals surface area contributed by atoms with Crippen LogP contribution in [0.15, 0.2) is 27.8 Å². The number of hydrogen-bond donors (Lipinski definition) is 1. The SMILES string of the molecule is Cc1ccc2[nH]c(C)c(/C=c3\sc4nc(C)c(C)c(=O)n4c3=O)c2c1. The molecule has 0 unspecified atom stereocenters. The van der Waals surface area contributed by atoms with Crippen molar-refractivity contribution in [2.75, 3.05) is 0 Å². The molecule has 1 aromatic carbocycles. The van der Waals surface area contributed by atoms with Crippen LogP contribution >= 0.6 is 11.3 Å². The van der Waals surface area contributed by atoms with Crippen LogP contribution in [-0.2, 0) is 0 Å². The topological polar surface area (TPSA) is 67.2 Å². The lowest BCUT2D eigenvalue weighted by atomic mass is 10.1. The summed E-state index contributed by atoms with van der Waals surface area (Å²) in [6.45, 7) is 7.51. The maximum atomic E-state index is 12.7. The van der Waals surface area contributed by atoms with E-state index in [4.69, 9.17) is 0 Å². The highest BCUT2D eigenvalue weighted by Crippen LogP contribution is 2.23. The highest BCUT2D eigenvalue weighted by atomic mass is 32.1. The number of aryl methyl sites for hydroxylation is 3. The van der Waals surface area contributed by atoms with Crippen molar-refractivity contribution < 1.29 is 0 Å². The van der Waals surface area contributed by atoms with Crippen molar-refractivity contribution in [3.63, 3.8) is 0 Å². The first-order chi connectivity index (χ1) is 11.9. The number of aromatic amines is 1. The summed E-state index contributed by atoms with van der Waals surface area (Å²) >= 11 is 1.25. The van der Waals surface area contributed by atoms with Crippen molar-refractivity contribution in [1.29, 1.82) is 0 Å². The maximum Gasteiger partial charge on any atom is 0.277 e. The molecule has 0 spiro atoms. The smallest absolute Gasteiger partial charge is 0.277 e. The first-order valence-electron chi connectivity index (χ1n) is 8.00. The predicted molar refractivity (Wildman–Crippen MR) is 102 cm³/mol. The molecule has 0 amide bonds. The summed E-state index contributed by atoms with van der Waals surface area (Å²) in [5.74, 6) is 0. The second-order valence-electron chi connectivity index (χ2n) is 6.37. The van der Waals surface area contributed by atoms with Crippen LogP contribution < -0.4 is 15.7 Å². The molecule has 0 aliphatic rings. The molecule has 0 atom stereocenters. The zero-order valence-corrected chi connectivity index (χ0v) is 15.2. The van der Waals surface area contributed by atoms with Crippen LogP contribution in [0.1, 0.15) is 28.1 Å². The van der Waals surface area contributed by atoms with Crippen LogP contribution in [0.25, 0.3) is 21.9 Å². The van der Waals surface area contributed by atoms with E-state index in [0.29, 0.717) is 20.8 Å². The minimum absolute atomic E-state index is 0.283. The molecule has 0 saturated heterocycles. The molecule has 6 heteroatoms. The van der Waals surface area contributed by atoms with Gasteiger partial charge in [-0.3, -0.25) is 9.59 Å². The average molecular weight is 351 g/mol. The molecular formula is C19H17N3O2S. The van der Waals surface area contributed by atoms with E-state index in [2.05, 4.69) is 22.1 Å². The molecule has 0 aliphatic heterocycles. The van der Waals surface area contributed by atoms with Gasteiger partial charge in [0.15, 0.2) is 0 Å². The van der Waals surface area contributed by atoms with Crippen LogP contribution in [0, 0.1) is 27.7 Å². The Morgan fingerprint density at radius 2 is 1.88 bits per heavy atom. The van der Waals surface area contributed by atoms with Gasteiger partial charge in [-0.25, -0.2) is 9.38 Å². The van der Waals surface area contributed by atoms with Crippen LogP contribution in [0.4, 0.5) is 0 Å². The Labute approximate surface area is 147 Å². The van der Waals surface area contributed by atoms with Crippen LogP contribution in [-0.4, -0.2) is 14.4 Å². The normalized spacial score (nSPS) is 12.6. The third-order valence-electron chi connectivity index (χ3n) is 4.60. The fourth-order valence-corrected chi connectivity index (χ4v) is 4.05. The minimum Gasteiger partial charge on any atom is -0.358 e. The Morgan fingerprint density at radius 1 is 1.12 bits per heavy atom. The number of thiazole rings is 1. The molecule has 0 aliphatic carbocycles. The van der Waals surface area contributed by atoms with Crippen molar-refractivity contribution in [1.82, 2.24) is 14.4 Å². The number of fused-ring (bicyclic) bond motifs is 2. The molecule has 3 aromatic heterocycles. The number of nitrogens with one attached hydrogen (secondary N) is 1. The van der Waals surface area contributed by atoms with E-state index in [1.807, 2.05) is 26.0 Å². The summed E-state index contributed by atoms with van der Waals surface area (Å²) in [6, 6.07) is 6.19. The summed E-state index contributed by atoms with van der Waals surface area (Å²) in [5, 5.41) is 1.07.